The van der Waals surface area contributed by atoms with E-state index in [-0.39, 0.29) is 24.3 Å². The molecule has 1 aromatic rings. The number of amides is 2. The average molecular weight is 493 g/mol. The van der Waals surface area contributed by atoms with E-state index >= 15 is 0 Å². The van der Waals surface area contributed by atoms with Gasteiger partial charge in [-0.1, -0.05) is 0 Å². The van der Waals surface area contributed by atoms with E-state index in [9.17, 15) is 22.8 Å². The van der Waals surface area contributed by atoms with Crippen LogP contribution in [0.3, 0.4) is 0 Å². The second kappa shape index (κ2) is 10.1. The molecule has 1 aromatic carbocycles. The minimum atomic E-state index is -4.64. The van der Waals surface area contributed by atoms with Gasteiger partial charge in [-0.15, -0.1) is 0 Å². The molecule has 3 saturated heterocycles. The molecule has 0 aliphatic carbocycles. The van der Waals surface area contributed by atoms with Gasteiger partial charge in [0.05, 0.1) is 23.1 Å². The summed E-state index contributed by atoms with van der Waals surface area (Å²) in [6, 6.07) is 5.38. The number of benzene rings is 1. The van der Waals surface area contributed by atoms with E-state index in [2.05, 4.69) is 0 Å². The Morgan fingerprint density at radius 3 is 2.43 bits per heavy atom. The van der Waals surface area contributed by atoms with E-state index in [1.807, 2.05) is 16.7 Å². The Morgan fingerprint density at radius 1 is 1.14 bits per heavy atom. The molecular weight excluding hydrogens is 461 g/mol. The minimum Gasteiger partial charge on any atom is -0.372 e. The number of anilines is 1. The zero-order valence-electron chi connectivity index (χ0n) is 19.9. The zero-order valence-corrected chi connectivity index (χ0v) is 19.9. The van der Waals surface area contributed by atoms with Crippen molar-refractivity contribution in [2.45, 2.75) is 38.8 Å². The molecule has 1 spiro atoms. The number of halogens is 3. The van der Waals surface area contributed by atoms with Crippen molar-refractivity contribution in [3.8, 4) is 6.07 Å². The lowest BCUT2D eigenvalue weighted by atomic mass is 9.70. The predicted molar refractivity (Wildman–Crippen MR) is 122 cm³/mol. The molecule has 0 radical (unpaired) electrons. The van der Waals surface area contributed by atoms with Crippen molar-refractivity contribution in [2.24, 2.45) is 11.3 Å². The first-order valence-electron chi connectivity index (χ1n) is 12.2. The van der Waals surface area contributed by atoms with Crippen LogP contribution < -0.4 is 4.90 Å². The molecule has 3 heterocycles. The van der Waals surface area contributed by atoms with Crippen LogP contribution in [0, 0.1) is 22.7 Å². The Kier molecular flexibility index (Phi) is 7.27. The van der Waals surface area contributed by atoms with E-state index < -0.39 is 22.7 Å². The van der Waals surface area contributed by atoms with E-state index in [0.717, 1.165) is 18.9 Å². The molecule has 10 heteroatoms. The van der Waals surface area contributed by atoms with Gasteiger partial charge in [0.2, 0.25) is 11.8 Å². The summed E-state index contributed by atoms with van der Waals surface area (Å²) in [5.74, 6) is -0.376. The third-order valence-corrected chi connectivity index (χ3v) is 7.70. The first-order chi connectivity index (χ1) is 16.7. The molecule has 3 aliphatic heterocycles. The Balaban J connectivity index is 1.59. The standard InChI is InChI=1S/C25H31F3N4O3/c1-2-35-16-22(33)30-11-7-24(8-12-30)17-32(15-21(24)23(34)31-9-3-4-10-31)19-6-5-18(14-29)20(13-19)25(26,27)28/h5-6,13,21H,2-4,7-12,15-17H2,1H3. The van der Waals surface area contributed by atoms with Gasteiger partial charge in [-0.05, 0) is 50.8 Å². The normalized spacial score (nSPS) is 22.0. The number of hydrogen-bond donors (Lipinski definition) is 0. The summed E-state index contributed by atoms with van der Waals surface area (Å²) in [5, 5.41) is 9.14. The predicted octanol–water partition coefficient (Wildman–Crippen LogP) is 3.28. The molecule has 4 rings (SSSR count). The van der Waals surface area contributed by atoms with Crippen molar-refractivity contribution < 1.29 is 27.5 Å². The summed E-state index contributed by atoms with van der Waals surface area (Å²) in [7, 11) is 0. The molecular formula is C25H31F3N4O3. The molecule has 1 atom stereocenters. The van der Waals surface area contributed by atoms with Crippen LogP contribution in [0.15, 0.2) is 18.2 Å². The first kappa shape index (κ1) is 25.3. The molecule has 3 fully saturated rings. The third kappa shape index (κ3) is 5.10. The van der Waals surface area contributed by atoms with Crippen LogP contribution in [-0.4, -0.2) is 74.1 Å². The lowest BCUT2D eigenvalue weighted by molar-refractivity contribution is -0.142. The molecule has 2 amide bonds. The minimum absolute atomic E-state index is 0.0250. The first-order valence-corrected chi connectivity index (χ1v) is 12.2. The number of ether oxygens (including phenoxy) is 1. The maximum atomic E-state index is 13.6. The number of nitrogens with zero attached hydrogens (tertiary/aromatic N) is 4. The third-order valence-electron chi connectivity index (χ3n) is 7.70. The van der Waals surface area contributed by atoms with Crippen molar-refractivity contribution >= 4 is 17.5 Å². The van der Waals surface area contributed by atoms with Gasteiger partial charge in [0.25, 0.3) is 0 Å². The highest BCUT2D eigenvalue weighted by Gasteiger charge is 2.53. The topological polar surface area (TPSA) is 76.9 Å². The summed E-state index contributed by atoms with van der Waals surface area (Å²) < 4.78 is 46.0. The molecule has 0 N–H and O–H groups in total. The molecule has 1 unspecified atom stereocenters. The lowest BCUT2D eigenvalue weighted by Crippen LogP contribution is -2.50. The van der Waals surface area contributed by atoms with Gasteiger partial charge in [0, 0.05) is 57.0 Å². The van der Waals surface area contributed by atoms with Gasteiger partial charge in [-0.25, -0.2) is 0 Å². The summed E-state index contributed by atoms with van der Waals surface area (Å²) in [6.07, 6.45) is -1.52. The summed E-state index contributed by atoms with van der Waals surface area (Å²) in [6.45, 7) is 5.47. The summed E-state index contributed by atoms with van der Waals surface area (Å²) >= 11 is 0. The van der Waals surface area contributed by atoms with E-state index in [0.29, 0.717) is 64.4 Å². The highest BCUT2D eigenvalue weighted by molar-refractivity contribution is 5.82. The molecule has 7 nitrogen and oxygen atoms in total. The number of piperidine rings is 1. The molecule has 0 bridgehead atoms. The fourth-order valence-corrected chi connectivity index (χ4v) is 5.71. The molecule has 0 saturated carbocycles. The largest absolute Gasteiger partial charge is 0.417 e. The fourth-order valence-electron chi connectivity index (χ4n) is 5.71. The maximum Gasteiger partial charge on any atom is 0.417 e. The second-order valence-electron chi connectivity index (χ2n) is 9.69. The average Bonchev–Trinajstić information content (AvgIpc) is 3.51. The Labute approximate surface area is 203 Å². The second-order valence-corrected chi connectivity index (χ2v) is 9.69. The van der Waals surface area contributed by atoms with E-state index in [1.165, 1.54) is 12.1 Å². The fraction of sp³-hybridized carbons (Fsp3) is 0.640. The van der Waals surface area contributed by atoms with Crippen LogP contribution in [0.4, 0.5) is 18.9 Å². The smallest absolute Gasteiger partial charge is 0.372 e. The van der Waals surface area contributed by atoms with Crippen LogP contribution in [0.1, 0.15) is 43.7 Å². The van der Waals surface area contributed by atoms with Gasteiger partial charge in [-0.2, -0.15) is 18.4 Å². The number of nitriles is 1. The number of alkyl halides is 3. The molecule has 3 aliphatic rings. The van der Waals surface area contributed by atoms with E-state index in [1.54, 1.807) is 11.0 Å². The quantitative estimate of drug-likeness (QED) is 0.631. The SMILES string of the molecule is CCOCC(=O)N1CCC2(CC1)CN(c1ccc(C#N)c(C(F)(F)F)c1)CC2C(=O)N1CCCC1. The molecule has 35 heavy (non-hydrogen) atoms. The number of likely N-dealkylation sites (tertiary alicyclic amines) is 2. The highest BCUT2D eigenvalue weighted by Crippen LogP contribution is 2.47. The Morgan fingerprint density at radius 2 is 1.83 bits per heavy atom. The van der Waals surface area contributed by atoms with Crippen molar-refractivity contribution in [3.05, 3.63) is 29.3 Å². The van der Waals surface area contributed by atoms with Gasteiger partial charge in [-0.3, -0.25) is 9.59 Å². The van der Waals surface area contributed by atoms with Gasteiger partial charge in [0.1, 0.15) is 6.61 Å². The van der Waals surface area contributed by atoms with Crippen LogP contribution >= 0.6 is 0 Å². The van der Waals surface area contributed by atoms with Crippen molar-refractivity contribution in [2.75, 3.05) is 57.4 Å². The number of hydrogen-bond acceptors (Lipinski definition) is 5. The zero-order chi connectivity index (χ0) is 25.2. The van der Waals surface area contributed by atoms with Gasteiger partial charge >= 0.3 is 6.18 Å². The Hall–Kier alpha value is -2.80. The van der Waals surface area contributed by atoms with Crippen molar-refractivity contribution in [1.82, 2.24) is 9.80 Å². The van der Waals surface area contributed by atoms with Crippen LogP contribution in [0.5, 0.6) is 0 Å². The molecule has 0 aromatic heterocycles. The summed E-state index contributed by atoms with van der Waals surface area (Å²) in [5.41, 5.74) is -1.44. The van der Waals surface area contributed by atoms with Crippen LogP contribution in [0.2, 0.25) is 0 Å². The van der Waals surface area contributed by atoms with Gasteiger partial charge in [0.15, 0.2) is 0 Å². The number of carbonyl (C=O) groups excluding carboxylic acids is 2. The number of rotatable bonds is 5. The van der Waals surface area contributed by atoms with Crippen molar-refractivity contribution in [1.29, 1.82) is 5.26 Å². The Bertz CT molecular complexity index is 993. The van der Waals surface area contributed by atoms with Crippen LogP contribution in [0.25, 0.3) is 0 Å². The van der Waals surface area contributed by atoms with E-state index in [4.69, 9.17) is 10.00 Å². The highest BCUT2D eigenvalue weighted by atomic mass is 19.4. The monoisotopic (exact) mass is 492 g/mol. The number of carbonyl (C=O) groups is 2. The van der Waals surface area contributed by atoms with Crippen LogP contribution in [-0.2, 0) is 20.5 Å². The van der Waals surface area contributed by atoms with Gasteiger partial charge < -0.3 is 19.4 Å². The lowest BCUT2D eigenvalue weighted by Gasteiger charge is -2.42. The molecule has 190 valence electrons. The van der Waals surface area contributed by atoms with Crippen molar-refractivity contribution in [3.63, 3.8) is 0 Å². The summed E-state index contributed by atoms with van der Waals surface area (Å²) in [4.78, 5) is 31.5. The maximum absolute atomic E-state index is 13.6.